The fraction of sp³-hybridized carbons (Fsp3) is 0.211. The molecule has 160 valence electrons. The Morgan fingerprint density at radius 1 is 1.17 bits per heavy atom. The second kappa shape index (κ2) is 9.85. The van der Waals surface area contributed by atoms with Gasteiger partial charge in [0.15, 0.2) is 0 Å². The first kappa shape index (κ1) is 22.8. The van der Waals surface area contributed by atoms with Crippen LogP contribution in [0.3, 0.4) is 0 Å². The van der Waals surface area contributed by atoms with Crippen molar-refractivity contribution in [2.45, 2.75) is 4.90 Å². The SMILES string of the molecule is COc1ccc(OC)c(S(=O)(=O)N(C)CC(=O)NN=Cc2ccccc2C(=O)O)c1. The highest BCUT2D eigenvalue weighted by Crippen LogP contribution is 2.30. The van der Waals surface area contributed by atoms with Crippen molar-refractivity contribution in [1.82, 2.24) is 9.73 Å². The highest BCUT2D eigenvalue weighted by atomic mass is 32.2. The van der Waals surface area contributed by atoms with Crippen LogP contribution in [-0.2, 0) is 14.8 Å². The van der Waals surface area contributed by atoms with Crippen molar-refractivity contribution in [3.63, 3.8) is 0 Å². The van der Waals surface area contributed by atoms with Crippen LogP contribution >= 0.6 is 0 Å². The van der Waals surface area contributed by atoms with Gasteiger partial charge >= 0.3 is 5.97 Å². The van der Waals surface area contributed by atoms with E-state index >= 15 is 0 Å². The van der Waals surface area contributed by atoms with E-state index in [1.807, 2.05) is 0 Å². The Kier molecular flexibility index (Phi) is 7.50. The van der Waals surface area contributed by atoms with E-state index in [1.165, 1.54) is 51.7 Å². The number of ether oxygens (including phenoxy) is 2. The average Bonchev–Trinajstić information content (AvgIpc) is 2.73. The van der Waals surface area contributed by atoms with E-state index in [4.69, 9.17) is 14.6 Å². The molecule has 0 radical (unpaired) electrons. The predicted molar refractivity (Wildman–Crippen MR) is 108 cm³/mol. The zero-order chi connectivity index (χ0) is 22.3. The van der Waals surface area contributed by atoms with Crippen molar-refractivity contribution in [2.75, 3.05) is 27.8 Å². The van der Waals surface area contributed by atoms with Gasteiger partial charge in [-0.05, 0) is 18.2 Å². The minimum Gasteiger partial charge on any atom is -0.497 e. The number of hydrogen-bond donors (Lipinski definition) is 2. The van der Waals surface area contributed by atoms with E-state index < -0.39 is 28.4 Å². The number of methoxy groups -OCH3 is 2. The number of amides is 1. The summed E-state index contributed by atoms with van der Waals surface area (Å²) in [7, 11) is -0.104. The Morgan fingerprint density at radius 2 is 1.87 bits per heavy atom. The third-order valence-electron chi connectivity index (χ3n) is 4.01. The number of benzene rings is 2. The number of carboxylic acids is 1. The van der Waals surface area contributed by atoms with Crippen molar-refractivity contribution in [3.8, 4) is 11.5 Å². The van der Waals surface area contributed by atoms with Crippen LogP contribution in [0.15, 0.2) is 52.5 Å². The molecule has 2 N–H and O–H groups in total. The lowest BCUT2D eigenvalue weighted by Crippen LogP contribution is -2.36. The van der Waals surface area contributed by atoms with Crippen LogP contribution in [0.25, 0.3) is 0 Å². The topological polar surface area (TPSA) is 135 Å². The normalized spacial score (nSPS) is 11.5. The minimum absolute atomic E-state index is 0.0142. The number of rotatable bonds is 9. The smallest absolute Gasteiger partial charge is 0.336 e. The molecule has 1 amide bonds. The van der Waals surface area contributed by atoms with E-state index in [0.717, 1.165) is 4.31 Å². The van der Waals surface area contributed by atoms with Gasteiger partial charge in [0.25, 0.3) is 5.91 Å². The molecular weight excluding hydrogens is 414 g/mol. The Labute approximate surface area is 173 Å². The van der Waals surface area contributed by atoms with Gasteiger partial charge in [0.2, 0.25) is 10.0 Å². The van der Waals surface area contributed by atoms with E-state index in [9.17, 15) is 18.0 Å². The lowest BCUT2D eigenvalue weighted by molar-refractivity contribution is -0.121. The Morgan fingerprint density at radius 3 is 2.50 bits per heavy atom. The van der Waals surface area contributed by atoms with Gasteiger partial charge in [0.05, 0.1) is 32.5 Å². The van der Waals surface area contributed by atoms with Crippen LogP contribution in [0.4, 0.5) is 0 Å². The first-order chi connectivity index (χ1) is 14.2. The highest BCUT2D eigenvalue weighted by molar-refractivity contribution is 7.89. The summed E-state index contributed by atoms with van der Waals surface area (Å²) in [4.78, 5) is 23.1. The van der Waals surface area contributed by atoms with Gasteiger partial charge in [0, 0.05) is 18.7 Å². The van der Waals surface area contributed by atoms with Gasteiger partial charge in [-0.25, -0.2) is 18.6 Å². The lowest BCUT2D eigenvalue weighted by Gasteiger charge is -2.18. The molecule has 0 unspecified atom stereocenters. The summed E-state index contributed by atoms with van der Waals surface area (Å²) in [5.41, 5.74) is 2.48. The summed E-state index contributed by atoms with van der Waals surface area (Å²) in [6, 6.07) is 10.4. The number of hydrogen-bond acceptors (Lipinski definition) is 7. The second-order valence-electron chi connectivity index (χ2n) is 5.96. The number of hydrazone groups is 1. The molecule has 0 heterocycles. The average molecular weight is 435 g/mol. The highest BCUT2D eigenvalue weighted by Gasteiger charge is 2.27. The van der Waals surface area contributed by atoms with Crippen molar-refractivity contribution in [3.05, 3.63) is 53.6 Å². The first-order valence-corrected chi connectivity index (χ1v) is 9.97. The molecule has 10 nitrogen and oxygen atoms in total. The van der Waals surface area contributed by atoms with Crippen LogP contribution in [0.2, 0.25) is 0 Å². The molecule has 0 aliphatic heterocycles. The van der Waals surface area contributed by atoms with Crippen LogP contribution in [0.5, 0.6) is 11.5 Å². The zero-order valence-corrected chi connectivity index (χ0v) is 17.3. The molecule has 0 aromatic heterocycles. The van der Waals surface area contributed by atoms with Crippen LogP contribution in [0.1, 0.15) is 15.9 Å². The molecule has 0 bridgehead atoms. The third kappa shape index (κ3) is 5.33. The maximum absolute atomic E-state index is 12.8. The molecular formula is C19H21N3O7S. The Hall–Kier alpha value is -3.44. The monoisotopic (exact) mass is 435 g/mol. The number of nitrogens with one attached hydrogen (secondary N) is 1. The quantitative estimate of drug-likeness (QED) is 0.446. The number of sulfonamides is 1. The van der Waals surface area contributed by atoms with Gasteiger partial charge in [-0.15, -0.1) is 0 Å². The van der Waals surface area contributed by atoms with Crippen molar-refractivity contribution < 1.29 is 32.6 Å². The van der Waals surface area contributed by atoms with E-state index in [0.29, 0.717) is 5.75 Å². The molecule has 0 fully saturated rings. The number of nitrogens with zero attached hydrogens (tertiary/aromatic N) is 2. The van der Waals surface area contributed by atoms with Gasteiger partial charge < -0.3 is 14.6 Å². The van der Waals surface area contributed by atoms with Crippen LogP contribution in [0, 0.1) is 0 Å². The molecule has 2 rings (SSSR count). The molecule has 0 atom stereocenters. The molecule has 30 heavy (non-hydrogen) atoms. The van der Waals surface area contributed by atoms with Gasteiger partial charge in [-0.2, -0.15) is 9.41 Å². The Bertz CT molecular complexity index is 1070. The molecule has 2 aromatic carbocycles. The molecule has 0 saturated heterocycles. The fourth-order valence-electron chi connectivity index (χ4n) is 2.45. The third-order valence-corrected chi connectivity index (χ3v) is 5.83. The maximum Gasteiger partial charge on any atom is 0.336 e. The summed E-state index contributed by atoms with van der Waals surface area (Å²) in [6.45, 7) is -0.527. The number of carbonyl (C=O) groups is 2. The summed E-state index contributed by atoms with van der Waals surface area (Å²) < 4.78 is 36.7. The molecule has 11 heteroatoms. The van der Waals surface area contributed by atoms with Crippen molar-refractivity contribution in [1.29, 1.82) is 0 Å². The summed E-state index contributed by atoms with van der Waals surface area (Å²) in [5.74, 6) is -1.44. The largest absolute Gasteiger partial charge is 0.497 e. The summed E-state index contributed by atoms with van der Waals surface area (Å²) in [6.07, 6.45) is 1.17. The van der Waals surface area contributed by atoms with Crippen molar-refractivity contribution in [2.24, 2.45) is 5.10 Å². The van der Waals surface area contributed by atoms with Crippen LogP contribution < -0.4 is 14.9 Å². The van der Waals surface area contributed by atoms with Crippen molar-refractivity contribution >= 4 is 28.1 Å². The molecule has 0 aliphatic carbocycles. The fourth-order valence-corrected chi connectivity index (χ4v) is 3.75. The second-order valence-corrected chi connectivity index (χ2v) is 7.98. The summed E-state index contributed by atoms with van der Waals surface area (Å²) in [5, 5.41) is 12.8. The number of carbonyl (C=O) groups excluding carboxylic acids is 1. The van der Waals surface area contributed by atoms with Gasteiger partial charge in [-0.3, -0.25) is 4.79 Å². The maximum atomic E-state index is 12.8. The minimum atomic E-state index is -4.07. The molecule has 0 saturated carbocycles. The van der Waals surface area contributed by atoms with Gasteiger partial charge in [-0.1, -0.05) is 18.2 Å². The molecule has 0 spiro atoms. The standard InChI is InChI=1S/C19H21N3O7S/c1-22(30(26,27)17-10-14(28-2)8-9-16(17)29-3)12-18(23)21-20-11-13-6-4-5-7-15(13)19(24)25/h4-11H,12H2,1-3H3,(H,21,23)(H,24,25). The van der Waals surface area contributed by atoms with E-state index in [2.05, 4.69) is 10.5 Å². The number of carboxylic acid groups (broad SMARTS) is 1. The first-order valence-electron chi connectivity index (χ1n) is 8.53. The zero-order valence-electron chi connectivity index (χ0n) is 16.5. The van der Waals surface area contributed by atoms with Gasteiger partial charge in [0.1, 0.15) is 16.4 Å². The number of aromatic carboxylic acids is 1. The molecule has 2 aromatic rings. The van der Waals surface area contributed by atoms with E-state index in [1.54, 1.807) is 18.2 Å². The summed E-state index contributed by atoms with van der Waals surface area (Å²) >= 11 is 0. The molecule has 0 aliphatic rings. The van der Waals surface area contributed by atoms with Crippen LogP contribution in [-0.4, -0.2) is 63.7 Å². The Balaban J connectivity index is 2.11. The number of likely N-dealkylation sites (N-methyl/N-ethyl adjacent to an activating group) is 1. The lowest BCUT2D eigenvalue weighted by atomic mass is 10.1. The van der Waals surface area contributed by atoms with E-state index in [-0.39, 0.29) is 21.8 Å². The predicted octanol–water partition coefficient (Wildman–Crippen LogP) is 1.17.